The van der Waals surface area contributed by atoms with Crippen molar-refractivity contribution in [1.82, 2.24) is 10.2 Å². The minimum absolute atomic E-state index is 0.259. The number of hydrogen-bond acceptors (Lipinski definition) is 2. The minimum atomic E-state index is 0.259. The predicted octanol–water partition coefficient (Wildman–Crippen LogP) is 1.24. The van der Waals surface area contributed by atoms with Gasteiger partial charge in [-0.1, -0.05) is 13.8 Å². The molecule has 1 amide bonds. The Labute approximate surface area is 86.9 Å². The van der Waals surface area contributed by atoms with Gasteiger partial charge in [0.05, 0.1) is 6.54 Å². The van der Waals surface area contributed by atoms with Crippen molar-refractivity contribution in [3.05, 3.63) is 0 Å². The highest BCUT2D eigenvalue weighted by molar-refractivity contribution is 5.78. The van der Waals surface area contributed by atoms with Crippen LogP contribution in [0.4, 0.5) is 0 Å². The van der Waals surface area contributed by atoms with Gasteiger partial charge in [-0.15, -0.1) is 0 Å². The van der Waals surface area contributed by atoms with Gasteiger partial charge in [0.1, 0.15) is 0 Å². The summed E-state index contributed by atoms with van der Waals surface area (Å²) in [5, 5.41) is 3.23. The zero-order chi connectivity index (χ0) is 10.6. The summed E-state index contributed by atoms with van der Waals surface area (Å²) in [7, 11) is 0. The fourth-order valence-corrected chi connectivity index (χ4v) is 1.68. The number of likely N-dealkylation sites (tertiary alicyclic amines) is 1. The number of nitrogens with one attached hydrogen (secondary N) is 1. The van der Waals surface area contributed by atoms with Gasteiger partial charge in [-0.25, -0.2) is 0 Å². The van der Waals surface area contributed by atoms with Crippen molar-refractivity contribution in [1.29, 1.82) is 0 Å². The maximum absolute atomic E-state index is 11.7. The van der Waals surface area contributed by atoms with E-state index in [1.807, 2.05) is 4.90 Å². The molecule has 1 N–H and O–H groups in total. The van der Waals surface area contributed by atoms with Crippen molar-refractivity contribution >= 4 is 5.91 Å². The number of amides is 1. The first-order valence-corrected chi connectivity index (χ1v) is 5.64. The van der Waals surface area contributed by atoms with Gasteiger partial charge in [0.25, 0.3) is 0 Å². The molecule has 0 aromatic carbocycles. The van der Waals surface area contributed by atoms with Crippen LogP contribution in [0.2, 0.25) is 0 Å². The van der Waals surface area contributed by atoms with E-state index >= 15 is 0 Å². The zero-order valence-corrected chi connectivity index (χ0v) is 9.55. The highest BCUT2D eigenvalue weighted by Gasteiger charge is 2.22. The molecule has 2 unspecified atom stereocenters. The lowest BCUT2D eigenvalue weighted by Crippen LogP contribution is -2.39. The first-order chi connectivity index (χ1) is 6.63. The van der Waals surface area contributed by atoms with Gasteiger partial charge in [0.2, 0.25) is 5.91 Å². The van der Waals surface area contributed by atoms with Crippen LogP contribution in [0.5, 0.6) is 0 Å². The Balaban J connectivity index is 2.22. The zero-order valence-electron chi connectivity index (χ0n) is 9.55. The van der Waals surface area contributed by atoms with Crippen LogP contribution in [-0.2, 0) is 4.79 Å². The smallest absolute Gasteiger partial charge is 0.236 e. The van der Waals surface area contributed by atoms with Crippen LogP contribution in [0.25, 0.3) is 0 Å². The summed E-state index contributed by atoms with van der Waals surface area (Å²) in [4.78, 5) is 13.6. The lowest BCUT2D eigenvalue weighted by atomic mass is 10.2. The molecule has 2 atom stereocenters. The Morgan fingerprint density at radius 2 is 2.36 bits per heavy atom. The molecule has 1 rings (SSSR count). The quantitative estimate of drug-likeness (QED) is 0.737. The number of hydrogen-bond donors (Lipinski definition) is 1. The van der Waals surface area contributed by atoms with Crippen LogP contribution in [0.3, 0.4) is 0 Å². The van der Waals surface area contributed by atoms with Crippen LogP contribution in [0.15, 0.2) is 0 Å². The number of carbonyl (C=O) groups is 1. The lowest BCUT2D eigenvalue weighted by molar-refractivity contribution is -0.129. The van der Waals surface area contributed by atoms with Crippen molar-refractivity contribution in [3.63, 3.8) is 0 Å². The molecule has 0 aromatic heterocycles. The molecule has 0 bridgehead atoms. The van der Waals surface area contributed by atoms with Gasteiger partial charge < -0.3 is 10.2 Å². The molecule has 3 nitrogen and oxygen atoms in total. The molecule has 14 heavy (non-hydrogen) atoms. The van der Waals surface area contributed by atoms with Crippen molar-refractivity contribution in [2.24, 2.45) is 5.92 Å². The Morgan fingerprint density at radius 3 is 2.86 bits per heavy atom. The van der Waals surface area contributed by atoms with E-state index in [4.69, 9.17) is 0 Å². The van der Waals surface area contributed by atoms with Gasteiger partial charge in [-0.05, 0) is 25.7 Å². The van der Waals surface area contributed by atoms with E-state index in [0.717, 1.165) is 25.9 Å². The van der Waals surface area contributed by atoms with Crippen LogP contribution in [0, 0.1) is 5.92 Å². The van der Waals surface area contributed by atoms with Crippen LogP contribution < -0.4 is 5.32 Å². The average molecular weight is 198 g/mol. The summed E-state index contributed by atoms with van der Waals surface area (Å²) >= 11 is 0. The van der Waals surface area contributed by atoms with Gasteiger partial charge in [-0.2, -0.15) is 0 Å². The van der Waals surface area contributed by atoms with Gasteiger partial charge in [0, 0.05) is 19.1 Å². The maximum Gasteiger partial charge on any atom is 0.236 e. The third-order valence-electron chi connectivity index (χ3n) is 2.99. The topological polar surface area (TPSA) is 32.3 Å². The van der Waals surface area contributed by atoms with Crippen molar-refractivity contribution in [2.45, 2.75) is 39.7 Å². The molecule has 0 aromatic rings. The van der Waals surface area contributed by atoms with E-state index in [2.05, 4.69) is 26.1 Å². The molecule has 1 aliphatic heterocycles. The van der Waals surface area contributed by atoms with Crippen molar-refractivity contribution in [2.75, 3.05) is 19.6 Å². The first-order valence-electron chi connectivity index (χ1n) is 5.64. The molecule has 0 spiro atoms. The van der Waals surface area contributed by atoms with E-state index in [-0.39, 0.29) is 5.91 Å². The second kappa shape index (κ2) is 5.35. The molecular formula is C11H22N2O. The van der Waals surface area contributed by atoms with Gasteiger partial charge in [0.15, 0.2) is 0 Å². The average Bonchev–Trinajstić information content (AvgIpc) is 2.60. The Hall–Kier alpha value is -0.570. The Bertz CT molecular complexity index is 194. The maximum atomic E-state index is 11.7. The van der Waals surface area contributed by atoms with E-state index in [1.54, 1.807) is 0 Å². The van der Waals surface area contributed by atoms with E-state index in [0.29, 0.717) is 18.5 Å². The lowest BCUT2D eigenvalue weighted by Gasteiger charge is -2.18. The summed E-state index contributed by atoms with van der Waals surface area (Å²) < 4.78 is 0. The minimum Gasteiger partial charge on any atom is -0.341 e. The monoisotopic (exact) mass is 198 g/mol. The summed E-state index contributed by atoms with van der Waals surface area (Å²) in [6, 6.07) is 0.443. The molecule has 0 aliphatic carbocycles. The van der Waals surface area contributed by atoms with Crippen LogP contribution in [-0.4, -0.2) is 36.5 Å². The summed E-state index contributed by atoms with van der Waals surface area (Å²) in [6.07, 6.45) is 2.23. The number of rotatable bonds is 4. The Kier molecular flexibility index (Phi) is 4.39. The molecule has 3 heteroatoms. The second-order valence-electron chi connectivity index (χ2n) is 4.42. The van der Waals surface area contributed by atoms with E-state index < -0.39 is 0 Å². The third-order valence-corrected chi connectivity index (χ3v) is 2.99. The third kappa shape index (κ3) is 3.29. The second-order valence-corrected chi connectivity index (χ2v) is 4.42. The highest BCUT2D eigenvalue weighted by atomic mass is 16.2. The molecule has 1 heterocycles. The molecule has 1 saturated heterocycles. The molecule has 82 valence electrons. The number of nitrogens with zero attached hydrogens (tertiary/aromatic N) is 1. The van der Waals surface area contributed by atoms with Crippen molar-refractivity contribution < 1.29 is 4.79 Å². The van der Waals surface area contributed by atoms with Crippen LogP contribution in [0.1, 0.15) is 33.6 Å². The van der Waals surface area contributed by atoms with E-state index in [9.17, 15) is 4.79 Å². The normalized spacial score (nSPS) is 23.9. The summed E-state index contributed by atoms with van der Waals surface area (Å²) in [6.45, 7) is 8.83. The van der Waals surface area contributed by atoms with Gasteiger partial charge in [-0.3, -0.25) is 4.79 Å². The largest absolute Gasteiger partial charge is 0.341 e. The van der Waals surface area contributed by atoms with Crippen LogP contribution >= 0.6 is 0 Å². The predicted molar refractivity (Wildman–Crippen MR) is 58.1 cm³/mol. The van der Waals surface area contributed by atoms with Crippen molar-refractivity contribution in [3.8, 4) is 0 Å². The SMILES string of the molecule is CCC(C)NCC(=O)N1CCC(C)C1. The summed E-state index contributed by atoms with van der Waals surface area (Å²) in [5.74, 6) is 0.942. The molecule has 1 aliphatic rings. The molecule has 1 fully saturated rings. The molecule has 0 saturated carbocycles. The fourth-order valence-electron chi connectivity index (χ4n) is 1.68. The fraction of sp³-hybridized carbons (Fsp3) is 0.909. The Morgan fingerprint density at radius 1 is 1.64 bits per heavy atom. The first kappa shape index (κ1) is 11.5. The number of carbonyl (C=O) groups excluding carboxylic acids is 1. The van der Waals surface area contributed by atoms with E-state index in [1.165, 1.54) is 0 Å². The molecular weight excluding hydrogens is 176 g/mol. The summed E-state index contributed by atoms with van der Waals surface area (Å²) in [5.41, 5.74) is 0. The van der Waals surface area contributed by atoms with Gasteiger partial charge >= 0.3 is 0 Å². The molecule has 0 radical (unpaired) electrons. The highest BCUT2D eigenvalue weighted by Crippen LogP contribution is 2.14. The standard InChI is InChI=1S/C11H22N2O/c1-4-10(3)12-7-11(14)13-6-5-9(2)8-13/h9-10,12H,4-8H2,1-3H3.